The first-order chi connectivity index (χ1) is 10.1. The summed E-state index contributed by atoms with van der Waals surface area (Å²) >= 11 is 0. The van der Waals surface area contributed by atoms with E-state index in [1.807, 2.05) is 13.8 Å². The van der Waals surface area contributed by atoms with Crippen molar-refractivity contribution in [3.63, 3.8) is 0 Å². The molecule has 6 heteroatoms. The fourth-order valence-corrected chi connectivity index (χ4v) is 1.66. The second-order valence-electron chi connectivity index (χ2n) is 4.94. The Balaban J connectivity index is 1.66. The molecule has 0 saturated carbocycles. The SMILES string of the molecule is CC(C)c1noc(CCCNC(=O)/C=C/c2ccco2)n1. The van der Waals surface area contributed by atoms with Crippen LogP contribution in [0.5, 0.6) is 0 Å². The Morgan fingerprint density at radius 1 is 1.48 bits per heavy atom. The lowest BCUT2D eigenvalue weighted by atomic mass is 10.2. The third-order valence-corrected chi connectivity index (χ3v) is 2.81. The third kappa shape index (κ3) is 4.91. The van der Waals surface area contributed by atoms with Gasteiger partial charge in [0.2, 0.25) is 11.8 Å². The first kappa shape index (κ1) is 15.0. The summed E-state index contributed by atoms with van der Waals surface area (Å²) in [4.78, 5) is 15.8. The van der Waals surface area contributed by atoms with Crippen LogP contribution in [0.4, 0.5) is 0 Å². The van der Waals surface area contributed by atoms with Crippen LogP contribution in [0.2, 0.25) is 0 Å². The van der Waals surface area contributed by atoms with E-state index < -0.39 is 0 Å². The van der Waals surface area contributed by atoms with Crippen LogP contribution in [0.15, 0.2) is 33.4 Å². The highest BCUT2D eigenvalue weighted by Crippen LogP contribution is 2.10. The lowest BCUT2D eigenvalue weighted by molar-refractivity contribution is -0.116. The van der Waals surface area contributed by atoms with Crippen LogP contribution in [0, 0.1) is 0 Å². The Labute approximate surface area is 123 Å². The molecule has 112 valence electrons. The molecule has 0 radical (unpaired) electrons. The van der Waals surface area contributed by atoms with Gasteiger partial charge in [-0.05, 0) is 24.6 Å². The number of carbonyl (C=O) groups is 1. The molecule has 2 aromatic heterocycles. The van der Waals surface area contributed by atoms with Crippen LogP contribution in [-0.2, 0) is 11.2 Å². The summed E-state index contributed by atoms with van der Waals surface area (Å²) in [6, 6.07) is 3.55. The van der Waals surface area contributed by atoms with Crippen molar-refractivity contribution in [2.45, 2.75) is 32.6 Å². The normalized spacial score (nSPS) is 11.4. The average Bonchev–Trinajstić information content (AvgIpc) is 3.12. The second kappa shape index (κ2) is 7.42. The fraction of sp³-hybridized carbons (Fsp3) is 0.400. The number of nitrogens with zero attached hydrogens (tertiary/aromatic N) is 2. The van der Waals surface area contributed by atoms with Gasteiger partial charge in [0.25, 0.3) is 0 Å². The molecule has 0 aromatic carbocycles. The zero-order valence-corrected chi connectivity index (χ0v) is 12.2. The van der Waals surface area contributed by atoms with Gasteiger partial charge < -0.3 is 14.3 Å². The molecule has 0 atom stereocenters. The van der Waals surface area contributed by atoms with Gasteiger partial charge in [-0.15, -0.1) is 0 Å². The van der Waals surface area contributed by atoms with E-state index in [2.05, 4.69) is 15.5 Å². The van der Waals surface area contributed by atoms with Crippen molar-refractivity contribution in [1.82, 2.24) is 15.5 Å². The van der Waals surface area contributed by atoms with Crippen LogP contribution in [-0.4, -0.2) is 22.6 Å². The lowest BCUT2D eigenvalue weighted by Gasteiger charge is -1.99. The summed E-state index contributed by atoms with van der Waals surface area (Å²) in [6.45, 7) is 4.58. The molecular formula is C15H19N3O3. The standard InChI is InChI=1S/C15H19N3O3/c1-11(2)15-17-14(21-18-15)6-3-9-16-13(19)8-7-12-5-4-10-20-12/h4-5,7-8,10-11H,3,6,9H2,1-2H3,(H,16,19)/b8-7+. The van der Waals surface area contributed by atoms with Crippen molar-refractivity contribution < 1.29 is 13.7 Å². The largest absolute Gasteiger partial charge is 0.465 e. The maximum absolute atomic E-state index is 11.6. The Kier molecular flexibility index (Phi) is 5.31. The van der Waals surface area contributed by atoms with Crippen LogP contribution in [0.25, 0.3) is 6.08 Å². The van der Waals surface area contributed by atoms with E-state index in [-0.39, 0.29) is 11.8 Å². The Hall–Kier alpha value is -2.37. The van der Waals surface area contributed by atoms with Crippen molar-refractivity contribution in [1.29, 1.82) is 0 Å². The molecule has 0 saturated heterocycles. The Morgan fingerprint density at radius 2 is 2.33 bits per heavy atom. The smallest absolute Gasteiger partial charge is 0.244 e. The van der Waals surface area contributed by atoms with Crippen molar-refractivity contribution >= 4 is 12.0 Å². The monoisotopic (exact) mass is 289 g/mol. The molecule has 0 unspecified atom stereocenters. The number of nitrogens with one attached hydrogen (secondary N) is 1. The van der Waals surface area contributed by atoms with Crippen molar-refractivity contribution in [2.75, 3.05) is 6.54 Å². The van der Waals surface area contributed by atoms with E-state index in [4.69, 9.17) is 8.94 Å². The van der Waals surface area contributed by atoms with Crippen LogP contribution in [0.3, 0.4) is 0 Å². The maximum Gasteiger partial charge on any atom is 0.244 e. The number of amides is 1. The van der Waals surface area contributed by atoms with Crippen LogP contribution in [0.1, 0.15) is 43.7 Å². The highest BCUT2D eigenvalue weighted by Gasteiger charge is 2.09. The number of hydrogen-bond acceptors (Lipinski definition) is 5. The summed E-state index contributed by atoms with van der Waals surface area (Å²) in [5.41, 5.74) is 0. The molecule has 2 rings (SSSR count). The van der Waals surface area contributed by atoms with E-state index in [1.165, 1.54) is 6.08 Å². The number of furan rings is 1. The number of aryl methyl sites for hydroxylation is 1. The topological polar surface area (TPSA) is 81.2 Å². The zero-order chi connectivity index (χ0) is 15.1. The molecule has 0 aliphatic heterocycles. The molecule has 1 N–H and O–H groups in total. The minimum atomic E-state index is -0.153. The summed E-state index contributed by atoms with van der Waals surface area (Å²) in [6.07, 6.45) is 6.04. The molecule has 2 aromatic rings. The number of aromatic nitrogens is 2. The van der Waals surface area contributed by atoms with E-state index in [9.17, 15) is 4.79 Å². The first-order valence-electron chi connectivity index (χ1n) is 6.97. The quantitative estimate of drug-likeness (QED) is 0.625. The molecule has 0 fully saturated rings. The Morgan fingerprint density at radius 3 is 3.00 bits per heavy atom. The van der Waals surface area contributed by atoms with Crippen LogP contribution >= 0.6 is 0 Å². The minimum Gasteiger partial charge on any atom is -0.465 e. The molecule has 0 bridgehead atoms. The van der Waals surface area contributed by atoms with Crippen molar-refractivity contribution in [2.24, 2.45) is 0 Å². The van der Waals surface area contributed by atoms with Gasteiger partial charge in [0.15, 0.2) is 5.82 Å². The van der Waals surface area contributed by atoms with Crippen molar-refractivity contribution in [3.05, 3.63) is 41.9 Å². The predicted octanol–water partition coefficient (Wildman–Crippen LogP) is 2.55. The van der Waals surface area contributed by atoms with Gasteiger partial charge >= 0.3 is 0 Å². The molecule has 0 aliphatic carbocycles. The van der Waals surface area contributed by atoms with Gasteiger partial charge in [0.05, 0.1) is 6.26 Å². The van der Waals surface area contributed by atoms with E-state index in [0.29, 0.717) is 24.6 Å². The molecule has 21 heavy (non-hydrogen) atoms. The summed E-state index contributed by atoms with van der Waals surface area (Å²) in [7, 11) is 0. The molecule has 0 aliphatic rings. The van der Waals surface area contributed by atoms with Gasteiger partial charge in [-0.25, -0.2) is 0 Å². The Bertz CT molecular complexity index is 585. The highest BCUT2D eigenvalue weighted by atomic mass is 16.5. The molecule has 0 spiro atoms. The number of rotatable bonds is 7. The summed E-state index contributed by atoms with van der Waals surface area (Å²) in [5.74, 6) is 2.08. The van der Waals surface area contributed by atoms with Gasteiger partial charge in [-0.3, -0.25) is 4.79 Å². The summed E-state index contributed by atoms with van der Waals surface area (Å²) in [5, 5.41) is 6.68. The van der Waals surface area contributed by atoms with Gasteiger partial charge in [0.1, 0.15) is 5.76 Å². The van der Waals surface area contributed by atoms with Crippen LogP contribution < -0.4 is 5.32 Å². The third-order valence-electron chi connectivity index (χ3n) is 2.81. The van der Waals surface area contributed by atoms with E-state index >= 15 is 0 Å². The summed E-state index contributed by atoms with van der Waals surface area (Å²) < 4.78 is 10.2. The molecule has 2 heterocycles. The zero-order valence-electron chi connectivity index (χ0n) is 12.2. The van der Waals surface area contributed by atoms with Gasteiger partial charge in [0, 0.05) is 25.0 Å². The maximum atomic E-state index is 11.6. The van der Waals surface area contributed by atoms with E-state index in [0.717, 1.165) is 12.2 Å². The predicted molar refractivity (Wildman–Crippen MR) is 77.5 cm³/mol. The molecule has 1 amide bonds. The minimum absolute atomic E-state index is 0.153. The van der Waals surface area contributed by atoms with Gasteiger partial charge in [-0.1, -0.05) is 19.0 Å². The highest BCUT2D eigenvalue weighted by molar-refractivity contribution is 5.91. The first-order valence-corrected chi connectivity index (χ1v) is 6.97. The van der Waals surface area contributed by atoms with Crippen molar-refractivity contribution in [3.8, 4) is 0 Å². The molecular weight excluding hydrogens is 270 g/mol. The molecule has 6 nitrogen and oxygen atoms in total. The van der Waals surface area contributed by atoms with Gasteiger partial charge in [-0.2, -0.15) is 4.98 Å². The second-order valence-corrected chi connectivity index (χ2v) is 4.94. The average molecular weight is 289 g/mol. The lowest BCUT2D eigenvalue weighted by Crippen LogP contribution is -2.22. The number of carbonyl (C=O) groups excluding carboxylic acids is 1. The number of hydrogen-bond donors (Lipinski definition) is 1. The van der Waals surface area contributed by atoms with E-state index in [1.54, 1.807) is 24.5 Å². The fourth-order valence-electron chi connectivity index (χ4n) is 1.66.